The summed E-state index contributed by atoms with van der Waals surface area (Å²) in [6, 6.07) is 0. The van der Waals surface area contributed by atoms with Crippen LogP contribution in [0.3, 0.4) is 0 Å². The SMILES string of the molecule is COC(=O)CCCCCCCC1CC=CC(OC)=C1C(=O)OC. The Morgan fingerprint density at radius 2 is 1.74 bits per heavy atom. The summed E-state index contributed by atoms with van der Waals surface area (Å²) < 4.78 is 14.8. The molecule has 0 aromatic heterocycles. The second-order valence-corrected chi connectivity index (χ2v) is 5.69. The van der Waals surface area contributed by atoms with Crippen LogP contribution in [0.25, 0.3) is 0 Å². The predicted octanol–water partition coefficient (Wildman–Crippen LogP) is 3.54. The monoisotopic (exact) mass is 324 g/mol. The van der Waals surface area contributed by atoms with Gasteiger partial charge >= 0.3 is 11.9 Å². The highest BCUT2D eigenvalue weighted by molar-refractivity contribution is 5.90. The molecule has 5 nitrogen and oxygen atoms in total. The van der Waals surface area contributed by atoms with Gasteiger partial charge in [-0.15, -0.1) is 0 Å². The van der Waals surface area contributed by atoms with Gasteiger partial charge in [0.05, 0.1) is 26.9 Å². The Morgan fingerprint density at radius 3 is 2.39 bits per heavy atom. The zero-order valence-electron chi connectivity index (χ0n) is 14.4. The molecule has 0 bridgehead atoms. The van der Waals surface area contributed by atoms with E-state index in [2.05, 4.69) is 4.74 Å². The van der Waals surface area contributed by atoms with Gasteiger partial charge in [-0.25, -0.2) is 4.79 Å². The summed E-state index contributed by atoms with van der Waals surface area (Å²) >= 11 is 0. The van der Waals surface area contributed by atoms with Crippen LogP contribution in [0.2, 0.25) is 0 Å². The number of carbonyl (C=O) groups excluding carboxylic acids is 2. The van der Waals surface area contributed by atoms with Crippen LogP contribution < -0.4 is 0 Å². The molecule has 0 aliphatic heterocycles. The number of ether oxygens (including phenoxy) is 3. The van der Waals surface area contributed by atoms with E-state index in [1.165, 1.54) is 14.2 Å². The number of hydrogen-bond acceptors (Lipinski definition) is 5. The molecule has 0 amide bonds. The predicted molar refractivity (Wildman–Crippen MR) is 87.6 cm³/mol. The molecule has 1 aliphatic carbocycles. The molecular formula is C18H28O5. The first-order valence-corrected chi connectivity index (χ1v) is 8.23. The van der Waals surface area contributed by atoms with Crippen LogP contribution >= 0.6 is 0 Å². The summed E-state index contributed by atoms with van der Waals surface area (Å²) in [5, 5.41) is 0. The lowest BCUT2D eigenvalue weighted by Gasteiger charge is -2.22. The summed E-state index contributed by atoms with van der Waals surface area (Å²) in [7, 11) is 4.40. The third-order valence-corrected chi connectivity index (χ3v) is 4.15. The molecule has 0 saturated carbocycles. The van der Waals surface area contributed by atoms with Gasteiger partial charge in [0.25, 0.3) is 0 Å². The normalized spacial score (nSPS) is 17.1. The van der Waals surface area contributed by atoms with Crippen molar-refractivity contribution in [1.82, 2.24) is 0 Å². The smallest absolute Gasteiger partial charge is 0.337 e. The standard InChI is InChI=1S/C18H28O5/c1-21-15-12-9-11-14(17(15)18(20)23-3)10-7-5-4-6-8-13-16(19)22-2/h9,12,14H,4-8,10-11,13H2,1-3H3. The van der Waals surface area contributed by atoms with E-state index in [0.717, 1.165) is 44.9 Å². The molecule has 1 unspecified atom stereocenters. The van der Waals surface area contributed by atoms with Crippen LogP contribution in [0.4, 0.5) is 0 Å². The Morgan fingerprint density at radius 1 is 1.04 bits per heavy atom. The molecule has 1 rings (SSSR count). The van der Waals surface area contributed by atoms with E-state index in [0.29, 0.717) is 17.8 Å². The van der Waals surface area contributed by atoms with Crippen LogP contribution in [-0.4, -0.2) is 33.3 Å². The molecular weight excluding hydrogens is 296 g/mol. The zero-order valence-corrected chi connectivity index (χ0v) is 14.4. The van der Waals surface area contributed by atoms with Crippen LogP contribution in [0.5, 0.6) is 0 Å². The van der Waals surface area contributed by atoms with Crippen molar-refractivity contribution in [3.63, 3.8) is 0 Å². The molecule has 0 N–H and O–H groups in total. The number of carbonyl (C=O) groups is 2. The van der Waals surface area contributed by atoms with E-state index in [-0.39, 0.29) is 17.9 Å². The summed E-state index contributed by atoms with van der Waals surface area (Å²) in [4.78, 5) is 23.0. The quantitative estimate of drug-likeness (QED) is 0.454. The summed E-state index contributed by atoms with van der Waals surface area (Å²) in [5.74, 6) is 0.344. The first-order chi connectivity index (χ1) is 11.1. The van der Waals surface area contributed by atoms with Crippen molar-refractivity contribution in [3.05, 3.63) is 23.5 Å². The van der Waals surface area contributed by atoms with E-state index in [1.807, 2.05) is 12.2 Å². The van der Waals surface area contributed by atoms with Gasteiger partial charge in [0.1, 0.15) is 5.76 Å². The number of hydrogen-bond donors (Lipinski definition) is 0. The second-order valence-electron chi connectivity index (χ2n) is 5.69. The van der Waals surface area contributed by atoms with Gasteiger partial charge in [0.15, 0.2) is 0 Å². The maximum atomic E-state index is 12.0. The van der Waals surface area contributed by atoms with Gasteiger partial charge in [-0.3, -0.25) is 4.79 Å². The Labute approximate surface area is 138 Å². The lowest BCUT2D eigenvalue weighted by molar-refractivity contribution is -0.140. The molecule has 0 heterocycles. The maximum Gasteiger partial charge on any atom is 0.337 e. The maximum absolute atomic E-state index is 12.0. The lowest BCUT2D eigenvalue weighted by atomic mass is 9.86. The van der Waals surface area contributed by atoms with Crippen molar-refractivity contribution in [1.29, 1.82) is 0 Å². The minimum absolute atomic E-state index is 0.140. The number of allylic oxidation sites excluding steroid dienone is 2. The van der Waals surface area contributed by atoms with Crippen molar-refractivity contribution in [2.24, 2.45) is 5.92 Å². The van der Waals surface area contributed by atoms with E-state index in [9.17, 15) is 9.59 Å². The van der Waals surface area contributed by atoms with Crippen molar-refractivity contribution in [3.8, 4) is 0 Å². The number of esters is 2. The Balaban J connectivity index is 2.33. The molecule has 130 valence electrons. The fourth-order valence-electron chi connectivity index (χ4n) is 2.86. The van der Waals surface area contributed by atoms with Crippen LogP contribution in [0, 0.1) is 5.92 Å². The van der Waals surface area contributed by atoms with Gasteiger partial charge in [-0.2, -0.15) is 0 Å². The highest BCUT2D eigenvalue weighted by atomic mass is 16.5. The Hall–Kier alpha value is -1.78. The Bertz CT molecular complexity index is 450. The van der Waals surface area contributed by atoms with Gasteiger partial charge in [-0.05, 0) is 31.3 Å². The first kappa shape index (κ1) is 19.3. The molecule has 0 aromatic rings. The fraction of sp³-hybridized carbons (Fsp3) is 0.667. The molecule has 0 spiro atoms. The van der Waals surface area contributed by atoms with Crippen LogP contribution in [0.15, 0.2) is 23.5 Å². The Kier molecular flexibility index (Phi) is 9.10. The molecule has 0 fully saturated rings. The minimum Gasteiger partial charge on any atom is -0.496 e. The highest BCUT2D eigenvalue weighted by Crippen LogP contribution is 2.31. The number of unbranched alkanes of at least 4 members (excludes halogenated alkanes) is 4. The molecule has 0 saturated heterocycles. The van der Waals surface area contributed by atoms with E-state index >= 15 is 0 Å². The lowest BCUT2D eigenvalue weighted by Crippen LogP contribution is -2.19. The van der Waals surface area contributed by atoms with Crippen LogP contribution in [0.1, 0.15) is 51.4 Å². The number of rotatable bonds is 10. The molecule has 5 heteroatoms. The largest absolute Gasteiger partial charge is 0.496 e. The second kappa shape index (κ2) is 10.9. The topological polar surface area (TPSA) is 61.8 Å². The van der Waals surface area contributed by atoms with Crippen molar-refractivity contribution in [2.45, 2.75) is 51.4 Å². The van der Waals surface area contributed by atoms with Gasteiger partial charge in [0.2, 0.25) is 0 Å². The first-order valence-electron chi connectivity index (χ1n) is 8.23. The molecule has 1 aliphatic rings. The molecule has 1 atom stereocenters. The summed E-state index contributed by atoms with van der Waals surface area (Å²) in [5.41, 5.74) is 0.656. The van der Waals surface area contributed by atoms with Crippen molar-refractivity contribution < 1.29 is 23.8 Å². The van der Waals surface area contributed by atoms with Gasteiger partial charge in [-0.1, -0.05) is 31.8 Å². The minimum atomic E-state index is -0.297. The van der Waals surface area contributed by atoms with E-state index in [4.69, 9.17) is 9.47 Å². The highest BCUT2D eigenvalue weighted by Gasteiger charge is 2.27. The fourth-order valence-corrected chi connectivity index (χ4v) is 2.86. The summed E-state index contributed by atoms with van der Waals surface area (Å²) in [6.45, 7) is 0. The summed E-state index contributed by atoms with van der Waals surface area (Å²) in [6.07, 6.45) is 11.3. The third-order valence-electron chi connectivity index (χ3n) is 4.15. The number of methoxy groups -OCH3 is 3. The van der Waals surface area contributed by atoms with Crippen molar-refractivity contribution in [2.75, 3.05) is 21.3 Å². The molecule has 0 radical (unpaired) electrons. The van der Waals surface area contributed by atoms with Gasteiger partial charge in [0, 0.05) is 6.42 Å². The molecule has 0 aromatic carbocycles. The van der Waals surface area contributed by atoms with E-state index < -0.39 is 0 Å². The van der Waals surface area contributed by atoms with Crippen molar-refractivity contribution >= 4 is 11.9 Å². The average molecular weight is 324 g/mol. The zero-order chi connectivity index (χ0) is 17.1. The molecule has 23 heavy (non-hydrogen) atoms. The van der Waals surface area contributed by atoms with Gasteiger partial charge < -0.3 is 14.2 Å². The van der Waals surface area contributed by atoms with Crippen LogP contribution in [-0.2, 0) is 23.8 Å². The average Bonchev–Trinajstić information content (AvgIpc) is 2.59. The third kappa shape index (κ3) is 6.47. The van der Waals surface area contributed by atoms with E-state index in [1.54, 1.807) is 7.11 Å².